The van der Waals surface area contributed by atoms with Crippen LogP contribution in [0.15, 0.2) is 48.8 Å². The maximum Gasteiger partial charge on any atom is 0.165 e. The number of Topliss-reactive ketones (excluding diaryl/α,β-unsaturated/α-hetero) is 1. The second kappa shape index (κ2) is 7.02. The van der Waals surface area contributed by atoms with Crippen LogP contribution in [0.5, 0.6) is 0 Å². The molecule has 4 rings (SSSR count). The second-order valence-electron chi connectivity index (χ2n) is 8.61. The van der Waals surface area contributed by atoms with E-state index in [2.05, 4.69) is 29.9 Å². The van der Waals surface area contributed by atoms with Gasteiger partial charge in [0.2, 0.25) is 0 Å². The number of H-pyrrole nitrogens is 1. The Bertz CT molecular complexity index is 1020. The van der Waals surface area contributed by atoms with Gasteiger partial charge in [-0.3, -0.25) is 9.78 Å². The quantitative estimate of drug-likeness (QED) is 0.684. The molecule has 3 aromatic rings. The highest BCUT2D eigenvalue weighted by molar-refractivity contribution is 6.02. The van der Waals surface area contributed by atoms with Gasteiger partial charge in [0.1, 0.15) is 0 Å². The van der Waals surface area contributed by atoms with Crippen molar-refractivity contribution in [2.45, 2.75) is 46.1 Å². The van der Waals surface area contributed by atoms with Gasteiger partial charge in [-0.15, -0.1) is 0 Å². The maximum atomic E-state index is 13.1. The van der Waals surface area contributed by atoms with E-state index in [1.807, 2.05) is 30.3 Å². The lowest BCUT2D eigenvalue weighted by molar-refractivity contribution is 0.0911. The molecule has 1 aromatic carbocycles. The van der Waals surface area contributed by atoms with Crippen LogP contribution in [-0.2, 0) is 12.8 Å². The first-order valence-electron chi connectivity index (χ1n) is 9.78. The van der Waals surface area contributed by atoms with Gasteiger partial charge in [-0.05, 0) is 47.6 Å². The SMILES string of the molecule is CC(O)c1cccc(Cc2c(-c3ccncc3)[nH]c3c2C(=O)CC(C)(C)C3)c1. The summed E-state index contributed by atoms with van der Waals surface area (Å²) in [5, 5.41) is 9.93. The highest BCUT2D eigenvalue weighted by Crippen LogP contribution is 2.40. The van der Waals surface area contributed by atoms with E-state index >= 15 is 0 Å². The number of aromatic nitrogens is 2. The third-order valence-electron chi connectivity index (χ3n) is 5.54. The third-order valence-corrected chi connectivity index (χ3v) is 5.54. The maximum absolute atomic E-state index is 13.1. The molecular weight excluding hydrogens is 348 g/mol. The summed E-state index contributed by atoms with van der Waals surface area (Å²) >= 11 is 0. The van der Waals surface area contributed by atoms with Crippen LogP contribution in [-0.4, -0.2) is 20.9 Å². The number of aliphatic hydroxyl groups excluding tert-OH is 1. The van der Waals surface area contributed by atoms with Crippen LogP contribution in [0.4, 0.5) is 0 Å². The number of hydrogen-bond acceptors (Lipinski definition) is 3. The summed E-state index contributed by atoms with van der Waals surface area (Å²) in [5.41, 5.74) is 6.92. The number of carbonyl (C=O) groups is 1. The van der Waals surface area contributed by atoms with Crippen LogP contribution in [0.1, 0.15) is 66.0 Å². The van der Waals surface area contributed by atoms with Crippen molar-refractivity contribution in [2.75, 3.05) is 0 Å². The number of fused-ring (bicyclic) bond motifs is 1. The Morgan fingerprint density at radius 2 is 1.93 bits per heavy atom. The molecule has 0 saturated heterocycles. The van der Waals surface area contributed by atoms with Gasteiger partial charge in [0.05, 0.1) is 11.8 Å². The van der Waals surface area contributed by atoms with Crippen LogP contribution < -0.4 is 0 Å². The monoisotopic (exact) mass is 374 g/mol. The molecule has 0 bridgehead atoms. The largest absolute Gasteiger partial charge is 0.389 e. The average Bonchev–Trinajstić information content (AvgIpc) is 2.99. The number of aliphatic hydroxyl groups is 1. The number of nitrogens with zero attached hydrogens (tertiary/aromatic N) is 1. The minimum Gasteiger partial charge on any atom is -0.389 e. The number of benzene rings is 1. The van der Waals surface area contributed by atoms with Crippen molar-refractivity contribution >= 4 is 5.78 Å². The predicted octanol–water partition coefficient (Wildman–Crippen LogP) is 4.88. The Morgan fingerprint density at radius 3 is 2.64 bits per heavy atom. The summed E-state index contributed by atoms with van der Waals surface area (Å²) in [5.74, 6) is 0.212. The van der Waals surface area contributed by atoms with Crippen LogP contribution in [0.25, 0.3) is 11.3 Å². The van der Waals surface area contributed by atoms with E-state index in [1.165, 1.54) is 0 Å². The lowest BCUT2D eigenvalue weighted by Gasteiger charge is -2.28. The number of rotatable bonds is 4. The fraction of sp³-hybridized carbons (Fsp3) is 0.333. The zero-order chi connectivity index (χ0) is 19.9. The van der Waals surface area contributed by atoms with E-state index in [-0.39, 0.29) is 11.2 Å². The topological polar surface area (TPSA) is 66.0 Å². The molecule has 0 fully saturated rings. The summed E-state index contributed by atoms with van der Waals surface area (Å²) < 4.78 is 0. The van der Waals surface area contributed by atoms with Crippen molar-refractivity contribution in [3.05, 3.63) is 76.7 Å². The lowest BCUT2D eigenvalue weighted by Crippen LogP contribution is -2.27. The highest BCUT2D eigenvalue weighted by atomic mass is 16.3. The molecule has 2 aromatic heterocycles. The molecule has 0 spiro atoms. The molecule has 28 heavy (non-hydrogen) atoms. The molecule has 1 aliphatic carbocycles. The zero-order valence-electron chi connectivity index (χ0n) is 16.6. The molecule has 2 heterocycles. The van der Waals surface area contributed by atoms with E-state index in [0.29, 0.717) is 12.8 Å². The average molecular weight is 374 g/mol. The Balaban J connectivity index is 1.84. The zero-order valence-corrected chi connectivity index (χ0v) is 16.6. The van der Waals surface area contributed by atoms with Gasteiger partial charge in [-0.2, -0.15) is 0 Å². The van der Waals surface area contributed by atoms with E-state index < -0.39 is 6.10 Å². The molecular formula is C24H26N2O2. The van der Waals surface area contributed by atoms with Crippen molar-refractivity contribution in [3.63, 3.8) is 0 Å². The standard InChI is InChI=1S/C24H26N2O2/c1-15(27)18-6-4-5-16(11-18)12-19-22-20(13-24(2,3)14-21(22)28)26-23(19)17-7-9-25-10-8-17/h4-11,15,26-27H,12-14H2,1-3H3. The lowest BCUT2D eigenvalue weighted by atomic mass is 9.75. The molecule has 4 heteroatoms. The van der Waals surface area contributed by atoms with Crippen LogP contribution >= 0.6 is 0 Å². The first-order chi connectivity index (χ1) is 13.3. The number of pyridine rings is 1. The minimum absolute atomic E-state index is 0.0338. The Kier molecular flexibility index (Phi) is 4.68. The third kappa shape index (κ3) is 3.52. The number of ketones is 1. The summed E-state index contributed by atoms with van der Waals surface area (Å²) in [6.07, 6.45) is 5.12. The van der Waals surface area contributed by atoms with E-state index in [4.69, 9.17) is 0 Å². The van der Waals surface area contributed by atoms with Crippen molar-refractivity contribution in [1.29, 1.82) is 0 Å². The summed E-state index contributed by atoms with van der Waals surface area (Å²) in [6, 6.07) is 11.9. The molecule has 0 amide bonds. The molecule has 2 N–H and O–H groups in total. The molecule has 0 aliphatic heterocycles. The van der Waals surface area contributed by atoms with E-state index in [9.17, 15) is 9.90 Å². The van der Waals surface area contributed by atoms with Crippen molar-refractivity contribution in [1.82, 2.24) is 9.97 Å². The first-order valence-corrected chi connectivity index (χ1v) is 9.78. The van der Waals surface area contributed by atoms with Crippen molar-refractivity contribution in [2.24, 2.45) is 5.41 Å². The summed E-state index contributed by atoms with van der Waals surface area (Å²) in [4.78, 5) is 20.8. The minimum atomic E-state index is -0.512. The van der Waals surface area contributed by atoms with Crippen LogP contribution in [0.2, 0.25) is 0 Å². The number of hydrogen-bond donors (Lipinski definition) is 2. The normalized spacial score (nSPS) is 16.6. The number of nitrogens with one attached hydrogen (secondary N) is 1. The number of carbonyl (C=O) groups excluding carboxylic acids is 1. The van der Waals surface area contributed by atoms with E-state index in [0.717, 1.165) is 45.6 Å². The van der Waals surface area contributed by atoms with Gasteiger partial charge < -0.3 is 10.1 Å². The molecule has 4 nitrogen and oxygen atoms in total. The molecule has 0 radical (unpaired) electrons. The van der Waals surface area contributed by atoms with Gasteiger partial charge in [0.15, 0.2) is 5.78 Å². The molecule has 1 aliphatic rings. The Hall–Kier alpha value is -2.72. The van der Waals surface area contributed by atoms with Gasteiger partial charge >= 0.3 is 0 Å². The summed E-state index contributed by atoms with van der Waals surface area (Å²) in [7, 11) is 0. The van der Waals surface area contributed by atoms with E-state index in [1.54, 1.807) is 19.3 Å². The predicted molar refractivity (Wildman–Crippen MR) is 110 cm³/mol. The second-order valence-corrected chi connectivity index (χ2v) is 8.61. The van der Waals surface area contributed by atoms with Crippen molar-refractivity contribution < 1.29 is 9.90 Å². The fourth-order valence-electron chi connectivity index (χ4n) is 4.24. The van der Waals surface area contributed by atoms with Gasteiger partial charge in [0, 0.05) is 42.1 Å². The fourth-order valence-corrected chi connectivity index (χ4v) is 4.24. The van der Waals surface area contributed by atoms with Crippen LogP contribution in [0, 0.1) is 5.41 Å². The smallest absolute Gasteiger partial charge is 0.165 e. The van der Waals surface area contributed by atoms with Gasteiger partial charge in [0.25, 0.3) is 0 Å². The summed E-state index contributed by atoms with van der Waals surface area (Å²) in [6.45, 7) is 6.06. The van der Waals surface area contributed by atoms with Gasteiger partial charge in [-0.25, -0.2) is 0 Å². The first kappa shape index (κ1) is 18.6. The Labute approximate surface area is 165 Å². The van der Waals surface area contributed by atoms with Crippen molar-refractivity contribution in [3.8, 4) is 11.3 Å². The number of aromatic amines is 1. The highest BCUT2D eigenvalue weighted by Gasteiger charge is 2.35. The van der Waals surface area contributed by atoms with Crippen LogP contribution in [0.3, 0.4) is 0 Å². The molecule has 0 saturated carbocycles. The Morgan fingerprint density at radius 1 is 1.18 bits per heavy atom. The molecule has 1 unspecified atom stereocenters. The molecule has 144 valence electrons. The molecule has 1 atom stereocenters. The van der Waals surface area contributed by atoms with Gasteiger partial charge in [-0.1, -0.05) is 38.1 Å².